The van der Waals surface area contributed by atoms with Crippen LogP contribution < -0.4 is 5.32 Å². The van der Waals surface area contributed by atoms with Crippen molar-refractivity contribution < 1.29 is 56.4 Å². The van der Waals surface area contributed by atoms with E-state index in [0.717, 1.165) is 40.9 Å². The van der Waals surface area contributed by atoms with Crippen molar-refractivity contribution in [3.05, 3.63) is 66.5 Å². The third-order valence-electron chi connectivity index (χ3n) is 7.99. The average Bonchev–Trinajstić information content (AvgIpc) is 3.53. The van der Waals surface area contributed by atoms with Crippen LogP contribution in [-0.4, -0.2) is 99.6 Å². The number of hydrogen-bond donors (Lipinski definition) is 2. The maximum Gasteiger partial charge on any atom is 0.322 e. The van der Waals surface area contributed by atoms with E-state index in [2.05, 4.69) is 15.6 Å². The minimum absolute atomic E-state index is 0.00997. The average molecular weight is 744 g/mol. The number of nitrogens with one attached hydrogen (secondary N) is 1. The number of carbonyl (C=O) groups is 5. The van der Waals surface area contributed by atoms with Crippen LogP contribution in [0.4, 0.5) is 0 Å². The molecule has 0 unspecified atom stereocenters. The Kier molecular flexibility index (Phi) is 12.8. The number of hydrogen-bond acceptors (Lipinski definition) is 13. The van der Waals surface area contributed by atoms with Crippen molar-refractivity contribution in [2.75, 3.05) is 6.61 Å². The Balaban J connectivity index is 1.75. The van der Waals surface area contributed by atoms with Gasteiger partial charge in [-0.25, -0.2) is 13.1 Å². The number of aromatic nitrogens is 3. The second-order valence-corrected chi connectivity index (χ2v) is 14.3. The molecule has 2 heterocycles. The summed E-state index contributed by atoms with van der Waals surface area (Å²) in [6, 6.07) is 12.5. The molecule has 52 heavy (non-hydrogen) atoms. The SMILES string of the molecule is CC(=O)N[C@@H]1[C@@H](OC(C)=O)[C@H](OC(C)=O)[C@@H](COC(C)=O)O[C@H]1n1cc(CN([C@@H](C(=O)O)C(C)C)S(=O)(=O)c2ccc(-c3ccccc3)cc2)nn1. The molecule has 1 aliphatic heterocycles. The first-order valence-electron chi connectivity index (χ1n) is 16.2. The van der Waals surface area contributed by atoms with Gasteiger partial charge in [0.25, 0.3) is 0 Å². The van der Waals surface area contributed by atoms with Gasteiger partial charge in [-0.1, -0.05) is 61.5 Å². The maximum absolute atomic E-state index is 14.2. The van der Waals surface area contributed by atoms with Gasteiger partial charge in [-0.05, 0) is 29.2 Å². The lowest BCUT2D eigenvalue weighted by Crippen LogP contribution is -2.64. The van der Waals surface area contributed by atoms with E-state index in [9.17, 15) is 37.5 Å². The smallest absolute Gasteiger partial charge is 0.322 e. The monoisotopic (exact) mass is 743 g/mol. The van der Waals surface area contributed by atoms with E-state index in [0.29, 0.717) is 0 Å². The Morgan fingerprint density at radius 1 is 0.904 bits per heavy atom. The number of sulfonamides is 1. The van der Waals surface area contributed by atoms with Gasteiger partial charge in [0.2, 0.25) is 15.9 Å². The van der Waals surface area contributed by atoms with Crippen LogP contribution in [0.1, 0.15) is 53.5 Å². The van der Waals surface area contributed by atoms with Crippen LogP contribution in [-0.2, 0) is 59.5 Å². The van der Waals surface area contributed by atoms with Gasteiger partial charge in [-0.3, -0.25) is 24.0 Å². The molecule has 1 fully saturated rings. The lowest BCUT2D eigenvalue weighted by Gasteiger charge is -2.45. The van der Waals surface area contributed by atoms with Crippen molar-refractivity contribution in [2.24, 2.45) is 5.92 Å². The predicted molar refractivity (Wildman–Crippen MR) is 180 cm³/mol. The first-order chi connectivity index (χ1) is 24.5. The number of benzene rings is 2. The number of amides is 1. The molecular weight excluding hydrogens is 702 g/mol. The van der Waals surface area contributed by atoms with Crippen LogP contribution in [0, 0.1) is 5.92 Å². The number of aliphatic carboxylic acids is 1. The molecule has 0 aliphatic carbocycles. The molecule has 0 radical (unpaired) electrons. The van der Waals surface area contributed by atoms with Gasteiger partial charge in [0.1, 0.15) is 24.8 Å². The quantitative estimate of drug-likeness (QED) is 0.178. The standard InChI is InChI=1S/C34H41N5O12S/c1-19(2)30(34(44)45)39(52(46,47)27-14-12-25(13-15-27)24-10-8-7-9-11-24)17-26-16-38(37-36-26)33-29(35-20(3)40)32(50-23(6)43)31(49-22(5)42)28(51-33)18-48-21(4)41/h7-16,19,28-33H,17-18H2,1-6H3,(H,35,40)(H,44,45)/t28-,29-,30-,31-,32-,33-/m1/s1. The Bertz CT molecular complexity index is 1870. The van der Waals surface area contributed by atoms with Gasteiger partial charge in [-0.15, -0.1) is 5.10 Å². The highest BCUT2D eigenvalue weighted by molar-refractivity contribution is 7.89. The van der Waals surface area contributed by atoms with Crippen LogP contribution in [0.2, 0.25) is 0 Å². The molecule has 17 nitrogen and oxygen atoms in total. The molecule has 3 aromatic rings. The molecule has 0 bridgehead atoms. The third kappa shape index (κ3) is 9.56. The van der Waals surface area contributed by atoms with E-state index in [1.165, 1.54) is 25.3 Å². The summed E-state index contributed by atoms with van der Waals surface area (Å²) in [6.07, 6.45) is -4.05. The molecule has 0 saturated carbocycles. The fourth-order valence-electron chi connectivity index (χ4n) is 5.86. The number of carboxylic acids is 1. The van der Waals surface area contributed by atoms with Crippen LogP contribution in [0.3, 0.4) is 0 Å². The summed E-state index contributed by atoms with van der Waals surface area (Å²) in [6.45, 7) is 6.68. The minimum Gasteiger partial charge on any atom is -0.480 e. The summed E-state index contributed by atoms with van der Waals surface area (Å²) in [5.74, 6) is -4.92. The van der Waals surface area contributed by atoms with E-state index < -0.39 is 95.5 Å². The lowest BCUT2D eigenvalue weighted by molar-refractivity contribution is -0.239. The van der Waals surface area contributed by atoms with Crippen LogP contribution in [0.5, 0.6) is 0 Å². The molecule has 1 aliphatic rings. The first-order valence-corrected chi connectivity index (χ1v) is 17.6. The van der Waals surface area contributed by atoms with Crippen molar-refractivity contribution in [3.8, 4) is 11.1 Å². The van der Waals surface area contributed by atoms with Gasteiger partial charge in [0, 0.05) is 27.7 Å². The number of carbonyl (C=O) groups excluding carboxylic acids is 4. The molecular formula is C34H41N5O12S. The zero-order valence-electron chi connectivity index (χ0n) is 29.4. The Morgan fingerprint density at radius 2 is 1.50 bits per heavy atom. The Morgan fingerprint density at radius 3 is 2.04 bits per heavy atom. The highest BCUT2D eigenvalue weighted by Crippen LogP contribution is 2.33. The second kappa shape index (κ2) is 16.9. The van der Waals surface area contributed by atoms with Gasteiger partial charge in [0.05, 0.1) is 23.3 Å². The summed E-state index contributed by atoms with van der Waals surface area (Å²) < 4.78 is 52.5. The minimum atomic E-state index is -4.46. The molecule has 1 aromatic heterocycles. The Labute approximate surface area is 300 Å². The molecule has 6 atom stereocenters. The van der Waals surface area contributed by atoms with E-state index in [-0.39, 0.29) is 10.6 Å². The van der Waals surface area contributed by atoms with Crippen LogP contribution >= 0.6 is 0 Å². The molecule has 4 rings (SSSR count). The first kappa shape index (κ1) is 39.6. The predicted octanol–water partition coefficient (Wildman–Crippen LogP) is 2.07. The molecule has 280 valence electrons. The summed E-state index contributed by atoms with van der Waals surface area (Å²) in [5, 5.41) is 21.0. The Hall–Kier alpha value is -5.20. The van der Waals surface area contributed by atoms with Crippen molar-refractivity contribution >= 4 is 39.8 Å². The zero-order valence-corrected chi connectivity index (χ0v) is 30.2. The van der Waals surface area contributed by atoms with Crippen molar-refractivity contribution in [3.63, 3.8) is 0 Å². The van der Waals surface area contributed by atoms with Crippen molar-refractivity contribution in [1.82, 2.24) is 24.6 Å². The highest BCUT2D eigenvalue weighted by atomic mass is 32.2. The van der Waals surface area contributed by atoms with E-state index in [1.807, 2.05) is 30.3 Å². The van der Waals surface area contributed by atoms with E-state index in [1.54, 1.807) is 26.0 Å². The topological polar surface area (TPSA) is 223 Å². The maximum atomic E-state index is 14.2. The lowest BCUT2D eigenvalue weighted by atomic mass is 9.95. The van der Waals surface area contributed by atoms with E-state index >= 15 is 0 Å². The molecule has 2 N–H and O–H groups in total. The van der Waals surface area contributed by atoms with Crippen LogP contribution in [0.25, 0.3) is 11.1 Å². The molecule has 2 aromatic carbocycles. The number of esters is 3. The molecule has 0 spiro atoms. The fourth-order valence-corrected chi connectivity index (χ4v) is 7.55. The zero-order chi connectivity index (χ0) is 38.3. The van der Waals surface area contributed by atoms with Crippen molar-refractivity contribution in [2.45, 2.75) is 89.6 Å². The van der Waals surface area contributed by atoms with Crippen molar-refractivity contribution in [1.29, 1.82) is 0 Å². The van der Waals surface area contributed by atoms with Gasteiger partial charge in [-0.2, -0.15) is 4.31 Å². The number of nitrogens with zero attached hydrogens (tertiary/aromatic N) is 4. The summed E-state index contributed by atoms with van der Waals surface area (Å²) in [4.78, 5) is 60.8. The largest absolute Gasteiger partial charge is 0.480 e. The van der Waals surface area contributed by atoms with Gasteiger partial charge < -0.3 is 29.4 Å². The fraction of sp³-hybridized carbons (Fsp3) is 0.441. The normalized spacial score (nSPS) is 20.9. The summed E-state index contributed by atoms with van der Waals surface area (Å²) in [7, 11) is -4.46. The molecule has 18 heteroatoms. The molecule has 1 saturated heterocycles. The molecule has 1 amide bonds. The van der Waals surface area contributed by atoms with Gasteiger partial charge in [0.15, 0.2) is 18.4 Å². The number of ether oxygens (including phenoxy) is 4. The van der Waals surface area contributed by atoms with Crippen LogP contribution in [0.15, 0.2) is 65.7 Å². The summed E-state index contributed by atoms with van der Waals surface area (Å²) in [5.41, 5.74) is 1.60. The summed E-state index contributed by atoms with van der Waals surface area (Å²) >= 11 is 0. The second-order valence-electron chi connectivity index (χ2n) is 12.4. The number of rotatable bonds is 14. The van der Waals surface area contributed by atoms with Gasteiger partial charge >= 0.3 is 23.9 Å². The van der Waals surface area contributed by atoms with E-state index in [4.69, 9.17) is 18.9 Å². The third-order valence-corrected chi connectivity index (χ3v) is 9.83. The number of carboxylic acid groups (broad SMARTS) is 1. The highest BCUT2D eigenvalue weighted by Gasteiger charge is 2.52.